The summed E-state index contributed by atoms with van der Waals surface area (Å²) in [6, 6.07) is -0.191. The van der Waals surface area contributed by atoms with E-state index in [1.54, 1.807) is 0 Å². The van der Waals surface area contributed by atoms with E-state index in [0.29, 0.717) is 6.29 Å². The lowest BCUT2D eigenvalue weighted by atomic mass is 10.1. The van der Waals surface area contributed by atoms with Crippen LogP contribution >= 0.6 is 0 Å². The van der Waals surface area contributed by atoms with Gasteiger partial charge in [-0.15, -0.1) is 0 Å². The van der Waals surface area contributed by atoms with Crippen molar-refractivity contribution in [1.82, 2.24) is 4.90 Å². The van der Waals surface area contributed by atoms with Crippen LogP contribution in [0.3, 0.4) is 0 Å². The molecule has 5 heteroatoms. The average molecular weight is 341 g/mol. The van der Waals surface area contributed by atoms with Crippen molar-refractivity contribution < 1.29 is 14.7 Å². The molecule has 0 bridgehead atoms. The number of rotatable bonds is 16. The number of unbranched alkanes of at least 4 members (excludes halogenated alkanes) is 8. The van der Waals surface area contributed by atoms with Gasteiger partial charge < -0.3 is 15.6 Å². The summed E-state index contributed by atoms with van der Waals surface area (Å²) in [6.45, 7) is 2.36. The number of aldehydes is 1. The highest BCUT2D eigenvalue weighted by Gasteiger charge is 2.14. The van der Waals surface area contributed by atoms with Gasteiger partial charge in [0.1, 0.15) is 6.29 Å². The number of carbonyl (C=O) groups excluding carboxylic acids is 1. The molecule has 140 valence electrons. The van der Waals surface area contributed by atoms with E-state index >= 15 is 0 Å². The molecule has 0 aliphatic rings. The van der Waals surface area contributed by atoms with Crippen molar-refractivity contribution in [2.75, 3.05) is 13.1 Å². The summed E-state index contributed by atoms with van der Waals surface area (Å²) in [6.07, 6.45) is 17.1. The van der Waals surface area contributed by atoms with Gasteiger partial charge in [0.2, 0.25) is 0 Å². The van der Waals surface area contributed by atoms with E-state index in [1.165, 1.54) is 44.9 Å². The molecule has 1 amide bonds. The minimum Gasteiger partial charge on any atom is -0.465 e. The maximum absolute atomic E-state index is 10.9. The largest absolute Gasteiger partial charge is 0.465 e. The summed E-state index contributed by atoms with van der Waals surface area (Å²) in [5.41, 5.74) is 5.94. The molecular formula is C19H36N2O3. The number of hydrogen-bond acceptors (Lipinski definition) is 3. The third-order valence-corrected chi connectivity index (χ3v) is 4.11. The predicted molar refractivity (Wildman–Crippen MR) is 99.2 cm³/mol. The van der Waals surface area contributed by atoms with Crippen molar-refractivity contribution in [2.24, 2.45) is 5.73 Å². The molecule has 0 spiro atoms. The number of nitrogens with two attached hydrogens (primary N) is 1. The molecule has 0 rings (SSSR count). The van der Waals surface area contributed by atoms with Crippen LogP contribution in [0.25, 0.3) is 0 Å². The summed E-state index contributed by atoms with van der Waals surface area (Å²) >= 11 is 0. The highest BCUT2D eigenvalue weighted by atomic mass is 16.4. The lowest BCUT2D eigenvalue weighted by Gasteiger charge is -2.20. The van der Waals surface area contributed by atoms with Crippen LogP contribution < -0.4 is 5.73 Å². The normalized spacial score (nSPS) is 12.4. The highest BCUT2D eigenvalue weighted by Crippen LogP contribution is 2.09. The number of nitrogens with zero attached hydrogens (tertiary/aromatic N) is 1. The molecule has 1 atom stereocenters. The number of hydrogen-bond donors (Lipinski definition) is 2. The Hall–Kier alpha value is -1.36. The molecule has 0 radical (unpaired) electrons. The molecule has 3 N–H and O–H groups in total. The van der Waals surface area contributed by atoms with Crippen LogP contribution in [0.5, 0.6) is 0 Å². The van der Waals surface area contributed by atoms with Gasteiger partial charge in [-0.3, -0.25) is 4.90 Å². The summed E-state index contributed by atoms with van der Waals surface area (Å²) < 4.78 is 0. The quantitative estimate of drug-likeness (QED) is 0.248. The fourth-order valence-corrected chi connectivity index (χ4v) is 2.64. The fraction of sp³-hybridized carbons (Fsp3) is 0.789. The maximum Gasteiger partial charge on any atom is 0.407 e. The zero-order valence-electron chi connectivity index (χ0n) is 15.3. The van der Waals surface area contributed by atoms with Crippen molar-refractivity contribution in [3.8, 4) is 0 Å². The highest BCUT2D eigenvalue weighted by molar-refractivity contribution is 5.69. The molecule has 0 aliphatic carbocycles. The molecule has 0 saturated carbocycles. The van der Waals surface area contributed by atoms with E-state index in [2.05, 4.69) is 19.1 Å². The van der Waals surface area contributed by atoms with Gasteiger partial charge in [-0.2, -0.15) is 0 Å². The third kappa shape index (κ3) is 14.2. The standard InChI is InChI=1S/C19H36N2O3/c1-2-3-4-5-6-7-8-9-10-11-12-13-14-18(20)17-21(15-16-22)19(23)24/h7-8,16,18H,2-6,9-15,17,20H2,1H3,(H,23,24). The number of carbonyl (C=O) groups is 2. The molecule has 5 nitrogen and oxygen atoms in total. The van der Waals surface area contributed by atoms with E-state index < -0.39 is 6.09 Å². The Labute approximate surface area is 147 Å². The van der Waals surface area contributed by atoms with Crippen LogP contribution in [0.4, 0.5) is 4.79 Å². The van der Waals surface area contributed by atoms with Crippen LogP contribution in [0.15, 0.2) is 12.2 Å². The van der Waals surface area contributed by atoms with E-state index in [-0.39, 0.29) is 19.1 Å². The number of carboxylic acid groups (broad SMARTS) is 1. The predicted octanol–water partition coefficient (Wildman–Crippen LogP) is 4.36. The van der Waals surface area contributed by atoms with Gasteiger partial charge in [0.25, 0.3) is 0 Å². The first-order valence-electron chi connectivity index (χ1n) is 9.43. The first-order chi connectivity index (χ1) is 11.6. The van der Waals surface area contributed by atoms with Crippen molar-refractivity contribution in [3.63, 3.8) is 0 Å². The minimum atomic E-state index is -1.08. The second-order valence-electron chi connectivity index (χ2n) is 6.43. The van der Waals surface area contributed by atoms with Crippen LogP contribution in [-0.4, -0.2) is 41.5 Å². The van der Waals surface area contributed by atoms with Crippen LogP contribution in [0.1, 0.15) is 77.6 Å². The SMILES string of the molecule is CCCCCCC=CCCCCCCC(N)CN(CC=O)C(=O)O. The molecule has 0 saturated heterocycles. The maximum atomic E-state index is 10.9. The lowest BCUT2D eigenvalue weighted by Crippen LogP contribution is -2.41. The molecular weight excluding hydrogens is 304 g/mol. The molecule has 1 unspecified atom stereocenters. The fourth-order valence-electron chi connectivity index (χ4n) is 2.64. The van der Waals surface area contributed by atoms with Crippen LogP contribution in [0, 0.1) is 0 Å². The van der Waals surface area contributed by atoms with Crippen molar-refractivity contribution in [2.45, 2.75) is 83.6 Å². The zero-order valence-corrected chi connectivity index (χ0v) is 15.3. The Morgan fingerprint density at radius 3 is 2.17 bits per heavy atom. The van der Waals surface area contributed by atoms with Crippen molar-refractivity contribution >= 4 is 12.4 Å². The van der Waals surface area contributed by atoms with Gasteiger partial charge in [-0.25, -0.2) is 4.79 Å². The first-order valence-corrected chi connectivity index (χ1v) is 9.43. The van der Waals surface area contributed by atoms with Crippen LogP contribution in [-0.2, 0) is 4.79 Å². The minimum absolute atomic E-state index is 0.103. The van der Waals surface area contributed by atoms with E-state index in [9.17, 15) is 9.59 Å². The van der Waals surface area contributed by atoms with Crippen molar-refractivity contribution in [3.05, 3.63) is 12.2 Å². The Morgan fingerprint density at radius 2 is 1.62 bits per heavy atom. The molecule has 0 aromatic heterocycles. The Kier molecular flexibility index (Phi) is 15.6. The molecule has 0 aromatic carbocycles. The Morgan fingerprint density at radius 1 is 1.04 bits per heavy atom. The summed E-state index contributed by atoms with van der Waals surface area (Å²) in [4.78, 5) is 22.4. The van der Waals surface area contributed by atoms with Gasteiger partial charge in [0, 0.05) is 12.6 Å². The Bertz CT molecular complexity index is 346. The summed E-state index contributed by atoms with van der Waals surface area (Å²) in [7, 11) is 0. The first kappa shape index (κ1) is 22.6. The van der Waals surface area contributed by atoms with Gasteiger partial charge in [0.15, 0.2) is 0 Å². The zero-order chi connectivity index (χ0) is 18.0. The molecule has 0 aromatic rings. The second kappa shape index (κ2) is 16.5. The van der Waals surface area contributed by atoms with E-state index in [1.807, 2.05) is 0 Å². The molecule has 0 fully saturated rings. The van der Waals surface area contributed by atoms with Crippen molar-refractivity contribution in [1.29, 1.82) is 0 Å². The smallest absolute Gasteiger partial charge is 0.407 e. The van der Waals surface area contributed by atoms with Gasteiger partial charge in [-0.05, 0) is 32.1 Å². The van der Waals surface area contributed by atoms with Gasteiger partial charge in [-0.1, -0.05) is 57.6 Å². The Balaban J connectivity index is 3.50. The monoisotopic (exact) mass is 340 g/mol. The summed E-state index contributed by atoms with van der Waals surface area (Å²) in [5, 5.41) is 8.93. The average Bonchev–Trinajstić information content (AvgIpc) is 2.55. The van der Waals surface area contributed by atoms with Gasteiger partial charge >= 0.3 is 6.09 Å². The number of amides is 1. The molecule has 0 aliphatic heterocycles. The third-order valence-electron chi connectivity index (χ3n) is 4.11. The van der Waals surface area contributed by atoms with Gasteiger partial charge in [0.05, 0.1) is 6.54 Å². The van der Waals surface area contributed by atoms with E-state index in [4.69, 9.17) is 10.8 Å². The second-order valence-corrected chi connectivity index (χ2v) is 6.43. The topological polar surface area (TPSA) is 83.6 Å². The molecule has 24 heavy (non-hydrogen) atoms. The van der Waals surface area contributed by atoms with E-state index in [0.717, 1.165) is 30.6 Å². The lowest BCUT2D eigenvalue weighted by molar-refractivity contribution is -0.108. The molecule has 0 heterocycles. The summed E-state index contributed by atoms with van der Waals surface area (Å²) in [5.74, 6) is 0. The number of allylic oxidation sites excluding steroid dienone is 2. The van der Waals surface area contributed by atoms with Crippen LogP contribution in [0.2, 0.25) is 0 Å².